The summed E-state index contributed by atoms with van der Waals surface area (Å²) in [6.45, 7) is 5.48. The average molecular weight is 220 g/mol. The van der Waals surface area contributed by atoms with Crippen LogP contribution < -0.4 is 10.6 Å². The van der Waals surface area contributed by atoms with Crippen LogP contribution in [0.1, 0.15) is 12.0 Å². The van der Waals surface area contributed by atoms with E-state index >= 15 is 0 Å². The van der Waals surface area contributed by atoms with E-state index in [1.807, 2.05) is 0 Å². The Morgan fingerprint density at radius 2 is 2.38 bits per heavy atom. The Labute approximate surface area is 97.2 Å². The number of anilines is 1. The summed E-state index contributed by atoms with van der Waals surface area (Å²) >= 11 is 0. The molecule has 1 saturated heterocycles. The molecule has 0 aromatic heterocycles. The van der Waals surface area contributed by atoms with Crippen molar-refractivity contribution in [3.8, 4) is 0 Å². The largest absolute Gasteiger partial charge is 0.375 e. The van der Waals surface area contributed by atoms with E-state index in [2.05, 4.69) is 36.1 Å². The fourth-order valence-corrected chi connectivity index (χ4v) is 2.16. The quantitative estimate of drug-likeness (QED) is 0.836. The van der Waals surface area contributed by atoms with E-state index < -0.39 is 0 Å². The van der Waals surface area contributed by atoms with Gasteiger partial charge < -0.3 is 15.4 Å². The molecule has 1 heterocycles. The van der Waals surface area contributed by atoms with E-state index in [9.17, 15) is 0 Å². The molecule has 0 amide bonds. The molecule has 2 N–H and O–H groups in total. The Morgan fingerprint density at radius 1 is 1.50 bits per heavy atom. The van der Waals surface area contributed by atoms with Crippen LogP contribution >= 0.6 is 0 Å². The maximum Gasteiger partial charge on any atom is 0.0767 e. The summed E-state index contributed by atoms with van der Waals surface area (Å²) < 4.78 is 5.67. The molecule has 1 aromatic rings. The van der Waals surface area contributed by atoms with Crippen molar-refractivity contribution in [1.29, 1.82) is 0 Å². The zero-order valence-corrected chi connectivity index (χ0v) is 9.86. The Morgan fingerprint density at radius 3 is 3.12 bits per heavy atom. The number of ether oxygens (including phenoxy) is 1. The highest BCUT2D eigenvalue weighted by atomic mass is 16.5. The van der Waals surface area contributed by atoms with E-state index in [4.69, 9.17) is 10.5 Å². The van der Waals surface area contributed by atoms with Gasteiger partial charge in [0.2, 0.25) is 0 Å². The second-order valence-corrected chi connectivity index (χ2v) is 4.36. The van der Waals surface area contributed by atoms with Gasteiger partial charge in [0.1, 0.15) is 0 Å². The second kappa shape index (κ2) is 5.32. The molecule has 1 aromatic carbocycles. The lowest BCUT2D eigenvalue weighted by Gasteiger charge is -2.19. The molecule has 3 heteroatoms. The predicted octanol–water partition coefficient (Wildman–Crippen LogP) is 1.55. The van der Waals surface area contributed by atoms with Crippen LogP contribution in [0, 0.1) is 6.92 Å². The maximum atomic E-state index is 5.67. The van der Waals surface area contributed by atoms with Crippen LogP contribution in [0.25, 0.3) is 0 Å². The molecule has 1 fully saturated rings. The molecule has 0 unspecified atom stereocenters. The molecule has 0 radical (unpaired) electrons. The van der Waals surface area contributed by atoms with Crippen LogP contribution in [0.5, 0.6) is 0 Å². The standard InChI is InChI=1S/C13H20N2O/c1-11-3-2-4-12(9-11)15-7-5-13(10-15)16-8-6-14/h2-4,9,13H,5-8,10,14H2,1H3/t13-/m0/s1. The van der Waals surface area contributed by atoms with E-state index in [0.717, 1.165) is 19.5 Å². The number of hydrogen-bond acceptors (Lipinski definition) is 3. The molecular weight excluding hydrogens is 200 g/mol. The summed E-state index contributed by atoms with van der Waals surface area (Å²) in [4.78, 5) is 2.38. The molecular formula is C13H20N2O. The summed E-state index contributed by atoms with van der Waals surface area (Å²) in [5, 5.41) is 0. The van der Waals surface area contributed by atoms with Crippen molar-refractivity contribution < 1.29 is 4.74 Å². The number of aryl methyl sites for hydroxylation is 1. The molecule has 1 atom stereocenters. The van der Waals surface area contributed by atoms with Gasteiger partial charge in [-0.25, -0.2) is 0 Å². The van der Waals surface area contributed by atoms with Crippen LogP contribution in [0.3, 0.4) is 0 Å². The molecule has 3 nitrogen and oxygen atoms in total. The van der Waals surface area contributed by atoms with Gasteiger partial charge >= 0.3 is 0 Å². The molecule has 16 heavy (non-hydrogen) atoms. The van der Waals surface area contributed by atoms with Gasteiger partial charge in [-0.1, -0.05) is 12.1 Å². The summed E-state index contributed by atoms with van der Waals surface area (Å²) in [7, 11) is 0. The summed E-state index contributed by atoms with van der Waals surface area (Å²) in [5.74, 6) is 0. The van der Waals surface area contributed by atoms with E-state index in [1.54, 1.807) is 0 Å². The van der Waals surface area contributed by atoms with Crippen molar-refractivity contribution in [1.82, 2.24) is 0 Å². The average Bonchev–Trinajstić information content (AvgIpc) is 2.75. The van der Waals surface area contributed by atoms with Crippen molar-refractivity contribution in [2.24, 2.45) is 5.73 Å². The molecule has 2 rings (SSSR count). The minimum atomic E-state index is 0.351. The second-order valence-electron chi connectivity index (χ2n) is 4.36. The minimum Gasteiger partial charge on any atom is -0.375 e. The molecule has 88 valence electrons. The van der Waals surface area contributed by atoms with Crippen molar-refractivity contribution in [2.45, 2.75) is 19.4 Å². The number of nitrogens with two attached hydrogens (primary N) is 1. The summed E-state index contributed by atoms with van der Waals surface area (Å²) in [5.41, 5.74) is 8.05. The first-order chi connectivity index (χ1) is 7.79. The fourth-order valence-electron chi connectivity index (χ4n) is 2.16. The first kappa shape index (κ1) is 11.4. The Balaban J connectivity index is 1.93. The van der Waals surface area contributed by atoms with Crippen LogP contribution in [-0.2, 0) is 4.74 Å². The minimum absolute atomic E-state index is 0.351. The van der Waals surface area contributed by atoms with Crippen molar-refractivity contribution in [2.75, 3.05) is 31.1 Å². The summed E-state index contributed by atoms with van der Waals surface area (Å²) in [6.07, 6.45) is 1.46. The zero-order valence-electron chi connectivity index (χ0n) is 9.86. The van der Waals surface area contributed by atoms with Gasteiger partial charge in [-0.2, -0.15) is 0 Å². The lowest BCUT2D eigenvalue weighted by Crippen LogP contribution is -2.24. The highest BCUT2D eigenvalue weighted by molar-refractivity contribution is 5.49. The van der Waals surface area contributed by atoms with Gasteiger partial charge in [0.25, 0.3) is 0 Å². The Kier molecular flexibility index (Phi) is 3.80. The molecule has 0 aliphatic carbocycles. The van der Waals surface area contributed by atoms with E-state index in [1.165, 1.54) is 11.3 Å². The molecule has 0 spiro atoms. The lowest BCUT2D eigenvalue weighted by molar-refractivity contribution is 0.0742. The number of hydrogen-bond donors (Lipinski definition) is 1. The van der Waals surface area contributed by atoms with Crippen LogP contribution in [0.2, 0.25) is 0 Å². The third kappa shape index (κ3) is 2.74. The smallest absolute Gasteiger partial charge is 0.0767 e. The SMILES string of the molecule is Cc1cccc(N2CC[C@H](OCCN)C2)c1. The molecule has 1 aliphatic rings. The Bertz CT molecular complexity index is 340. The van der Waals surface area contributed by atoms with E-state index in [-0.39, 0.29) is 0 Å². The third-order valence-corrected chi connectivity index (χ3v) is 2.98. The van der Waals surface area contributed by atoms with Gasteiger partial charge in [-0.3, -0.25) is 0 Å². The van der Waals surface area contributed by atoms with Crippen LogP contribution in [-0.4, -0.2) is 32.3 Å². The van der Waals surface area contributed by atoms with Crippen LogP contribution in [0.15, 0.2) is 24.3 Å². The topological polar surface area (TPSA) is 38.5 Å². The van der Waals surface area contributed by atoms with E-state index in [0.29, 0.717) is 19.3 Å². The first-order valence-electron chi connectivity index (χ1n) is 5.93. The zero-order chi connectivity index (χ0) is 11.4. The Hall–Kier alpha value is -1.06. The van der Waals surface area contributed by atoms with Gasteiger partial charge in [-0.15, -0.1) is 0 Å². The van der Waals surface area contributed by atoms with Gasteiger partial charge in [-0.05, 0) is 31.0 Å². The third-order valence-electron chi connectivity index (χ3n) is 2.98. The lowest BCUT2D eigenvalue weighted by atomic mass is 10.2. The predicted molar refractivity (Wildman–Crippen MR) is 66.8 cm³/mol. The fraction of sp³-hybridized carbons (Fsp3) is 0.538. The maximum absolute atomic E-state index is 5.67. The number of rotatable bonds is 4. The molecule has 0 bridgehead atoms. The normalized spacial score (nSPS) is 20.4. The van der Waals surface area contributed by atoms with Crippen molar-refractivity contribution in [3.05, 3.63) is 29.8 Å². The monoisotopic (exact) mass is 220 g/mol. The van der Waals surface area contributed by atoms with Gasteiger partial charge in [0.15, 0.2) is 0 Å². The number of nitrogens with zero attached hydrogens (tertiary/aromatic N) is 1. The van der Waals surface area contributed by atoms with Crippen molar-refractivity contribution >= 4 is 5.69 Å². The first-order valence-corrected chi connectivity index (χ1v) is 5.93. The van der Waals surface area contributed by atoms with Gasteiger partial charge in [0.05, 0.1) is 12.7 Å². The van der Waals surface area contributed by atoms with Gasteiger partial charge in [0, 0.05) is 25.3 Å². The highest BCUT2D eigenvalue weighted by Gasteiger charge is 2.22. The molecule has 1 aliphatic heterocycles. The summed E-state index contributed by atoms with van der Waals surface area (Å²) in [6, 6.07) is 8.63. The van der Waals surface area contributed by atoms with Crippen molar-refractivity contribution in [3.63, 3.8) is 0 Å². The highest BCUT2D eigenvalue weighted by Crippen LogP contribution is 2.22. The van der Waals surface area contributed by atoms with Crippen LogP contribution in [0.4, 0.5) is 5.69 Å². The molecule has 0 saturated carbocycles. The number of benzene rings is 1.